The molecule has 3 rings (SSSR count). The minimum absolute atomic E-state index is 0.146. The van der Waals surface area contributed by atoms with E-state index < -0.39 is 11.5 Å². The van der Waals surface area contributed by atoms with E-state index in [-0.39, 0.29) is 5.75 Å². The fraction of sp³-hybridized carbons (Fsp3) is 0.174. The molecular formula is C23H21ClN2O. The predicted molar refractivity (Wildman–Crippen MR) is 110 cm³/mol. The molecule has 0 spiro atoms. The highest BCUT2D eigenvalue weighted by Crippen LogP contribution is 2.41. The van der Waals surface area contributed by atoms with Crippen LogP contribution in [0.5, 0.6) is 5.75 Å². The van der Waals surface area contributed by atoms with Gasteiger partial charge in [0.25, 0.3) is 0 Å². The molecule has 0 fully saturated rings. The number of aryl methyl sites for hydroxylation is 1. The topological polar surface area (TPSA) is 56.0 Å². The van der Waals surface area contributed by atoms with E-state index in [2.05, 4.69) is 11.4 Å². The number of rotatable bonds is 5. The molecular weight excluding hydrogens is 356 g/mol. The zero-order chi connectivity index (χ0) is 19.4. The Morgan fingerprint density at radius 2 is 1.70 bits per heavy atom. The third kappa shape index (κ3) is 3.92. The molecule has 2 N–H and O–H groups in total. The van der Waals surface area contributed by atoms with Crippen LogP contribution in [-0.2, 0) is 5.41 Å². The number of phenolic OH excluding ortho intramolecular Hbond substituents is 1. The molecule has 136 valence electrons. The van der Waals surface area contributed by atoms with Gasteiger partial charge in [-0.1, -0.05) is 60.1 Å². The molecule has 2 atom stereocenters. The third-order valence-electron chi connectivity index (χ3n) is 4.84. The van der Waals surface area contributed by atoms with Gasteiger partial charge < -0.3 is 10.4 Å². The standard InChI is InChI=1S/C23H21ClN2O/c1-16-8-13-21(27)20(14-16)26-22(17-9-11-19(24)12-10-17)23(2,15-25)18-6-4-3-5-7-18/h3-14,22,26-27H,1-2H3/t22-,23+/m1/s1. The smallest absolute Gasteiger partial charge is 0.138 e. The highest BCUT2D eigenvalue weighted by Gasteiger charge is 2.38. The summed E-state index contributed by atoms with van der Waals surface area (Å²) in [6.07, 6.45) is 0. The van der Waals surface area contributed by atoms with Gasteiger partial charge in [0, 0.05) is 5.02 Å². The molecule has 3 nitrogen and oxygen atoms in total. The summed E-state index contributed by atoms with van der Waals surface area (Å²) in [5.74, 6) is 0.146. The highest BCUT2D eigenvalue weighted by molar-refractivity contribution is 6.30. The number of nitrogens with zero attached hydrogens (tertiary/aromatic N) is 1. The largest absolute Gasteiger partial charge is 0.506 e. The summed E-state index contributed by atoms with van der Waals surface area (Å²) in [6, 6.07) is 24.6. The summed E-state index contributed by atoms with van der Waals surface area (Å²) in [5.41, 5.74) is 2.54. The Kier molecular flexibility index (Phi) is 5.39. The second kappa shape index (κ2) is 7.73. The van der Waals surface area contributed by atoms with Crippen LogP contribution in [0.15, 0.2) is 72.8 Å². The van der Waals surface area contributed by atoms with Crippen LogP contribution in [0.3, 0.4) is 0 Å². The van der Waals surface area contributed by atoms with Crippen molar-refractivity contribution >= 4 is 17.3 Å². The van der Waals surface area contributed by atoms with E-state index in [1.807, 2.05) is 80.6 Å². The summed E-state index contributed by atoms with van der Waals surface area (Å²) < 4.78 is 0. The van der Waals surface area contributed by atoms with Gasteiger partial charge in [-0.25, -0.2) is 0 Å². The van der Waals surface area contributed by atoms with E-state index in [1.165, 1.54) is 0 Å². The quantitative estimate of drug-likeness (QED) is 0.538. The van der Waals surface area contributed by atoms with Crippen molar-refractivity contribution in [2.24, 2.45) is 0 Å². The molecule has 4 heteroatoms. The van der Waals surface area contributed by atoms with Gasteiger partial charge >= 0.3 is 0 Å². The summed E-state index contributed by atoms with van der Waals surface area (Å²) in [6.45, 7) is 3.87. The average Bonchev–Trinajstić information content (AvgIpc) is 2.69. The number of hydrogen-bond acceptors (Lipinski definition) is 3. The molecule has 0 saturated heterocycles. The van der Waals surface area contributed by atoms with Crippen molar-refractivity contribution in [2.75, 3.05) is 5.32 Å². The summed E-state index contributed by atoms with van der Waals surface area (Å²) in [5, 5.41) is 24.5. The Morgan fingerprint density at radius 1 is 1.04 bits per heavy atom. The van der Waals surface area contributed by atoms with Crippen LogP contribution < -0.4 is 5.32 Å². The van der Waals surface area contributed by atoms with Crippen LogP contribution in [0.4, 0.5) is 5.69 Å². The molecule has 0 unspecified atom stereocenters. The van der Waals surface area contributed by atoms with Gasteiger partial charge in [0.05, 0.1) is 17.8 Å². The minimum Gasteiger partial charge on any atom is -0.506 e. The van der Waals surface area contributed by atoms with Gasteiger partial charge in [0.2, 0.25) is 0 Å². The molecule has 0 radical (unpaired) electrons. The van der Waals surface area contributed by atoms with Crippen molar-refractivity contribution in [3.63, 3.8) is 0 Å². The summed E-state index contributed by atoms with van der Waals surface area (Å²) in [7, 11) is 0. The van der Waals surface area contributed by atoms with E-state index in [0.717, 1.165) is 16.7 Å². The average molecular weight is 377 g/mol. The Morgan fingerprint density at radius 3 is 2.33 bits per heavy atom. The second-order valence-electron chi connectivity index (χ2n) is 6.83. The van der Waals surface area contributed by atoms with Gasteiger partial charge in [-0.15, -0.1) is 0 Å². The Hall–Kier alpha value is -2.96. The molecule has 0 heterocycles. The van der Waals surface area contributed by atoms with E-state index >= 15 is 0 Å². The normalized spacial score (nSPS) is 14.0. The van der Waals surface area contributed by atoms with E-state index in [1.54, 1.807) is 6.07 Å². The SMILES string of the molecule is Cc1ccc(O)c(N[C@H](c2ccc(Cl)cc2)[C@@](C)(C#N)c2ccccc2)c1. The van der Waals surface area contributed by atoms with E-state index in [0.29, 0.717) is 10.7 Å². The monoisotopic (exact) mass is 376 g/mol. The Balaban J connectivity index is 2.13. The van der Waals surface area contributed by atoms with Crippen molar-refractivity contribution in [2.45, 2.75) is 25.3 Å². The van der Waals surface area contributed by atoms with Crippen molar-refractivity contribution in [3.8, 4) is 11.8 Å². The zero-order valence-electron chi connectivity index (χ0n) is 15.3. The predicted octanol–water partition coefficient (Wildman–Crippen LogP) is 5.99. The number of phenols is 1. The van der Waals surface area contributed by atoms with Crippen LogP contribution in [0.2, 0.25) is 5.02 Å². The number of benzene rings is 3. The number of hydrogen-bond donors (Lipinski definition) is 2. The molecule has 0 aliphatic heterocycles. The zero-order valence-corrected chi connectivity index (χ0v) is 16.0. The molecule has 0 aliphatic rings. The maximum atomic E-state index is 10.3. The molecule has 0 aromatic heterocycles. The van der Waals surface area contributed by atoms with Crippen molar-refractivity contribution < 1.29 is 5.11 Å². The first-order valence-electron chi connectivity index (χ1n) is 8.72. The Labute approximate surface area is 164 Å². The minimum atomic E-state index is -0.870. The molecule has 27 heavy (non-hydrogen) atoms. The second-order valence-corrected chi connectivity index (χ2v) is 7.27. The summed E-state index contributed by atoms with van der Waals surface area (Å²) >= 11 is 6.06. The number of aromatic hydroxyl groups is 1. The molecule has 0 aliphatic carbocycles. The fourth-order valence-corrected chi connectivity index (χ4v) is 3.34. The lowest BCUT2D eigenvalue weighted by atomic mass is 9.74. The first-order chi connectivity index (χ1) is 12.9. The molecule has 3 aromatic rings. The number of nitrogens with one attached hydrogen (secondary N) is 1. The lowest BCUT2D eigenvalue weighted by molar-refractivity contribution is 0.470. The van der Waals surface area contributed by atoms with Gasteiger partial charge in [-0.3, -0.25) is 0 Å². The van der Waals surface area contributed by atoms with Crippen LogP contribution in [-0.4, -0.2) is 5.11 Å². The van der Waals surface area contributed by atoms with Gasteiger partial charge in [-0.2, -0.15) is 5.26 Å². The maximum Gasteiger partial charge on any atom is 0.138 e. The van der Waals surface area contributed by atoms with E-state index in [9.17, 15) is 10.4 Å². The van der Waals surface area contributed by atoms with Crippen LogP contribution in [0, 0.1) is 18.3 Å². The van der Waals surface area contributed by atoms with Crippen molar-refractivity contribution in [1.29, 1.82) is 5.26 Å². The fourth-order valence-electron chi connectivity index (χ4n) is 3.22. The molecule has 3 aromatic carbocycles. The lowest BCUT2D eigenvalue weighted by Gasteiger charge is -2.34. The van der Waals surface area contributed by atoms with Crippen molar-refractivity contribution in [1.82, 2.24) is 0 Å². The maximum absolute atomic E-state index is 10.3. The van der Waals surface area contributed by atoms with E-state index in [4.69, 9.17) is 11.6 Å². The van der Waals surface area contributed by atoms with Crippen LogP contribution >= 0.6 is 11.6 Å². The third-order valence-corrected chi connectivity index (χ3v) is 5.09. The first-order valence-corrected chi connectivity index (χ1v) is 9.10. The molecule has 0 bridgehead atoms. The summed E-state index contributed by atoms with van der Waals surface area (Å²) in [4.78, 5) is 0. The highest BCUT2D eigenvalue weighted by atomic mass is 35.5. The lowest BCUT2D eigenvalue weighted by Crippen LogP contribution is -2.34. The molecule has 0 amide bonds. The Bertz CT molecular complexity index is 964. The van der Waals surface area contributed by atoms with Gasteiger partial charge in [0.1, 0.15) is 11.2 Å². The van der Waals surface area contributed by atoms with Crippen LogP contribution in [0.1, 0.15) is 29.7 Å². The number of nitriles is 1. The van der Waals surface area contributed by atoms with Crippen molar-refractivity contribution in [3.05, 3.63) is 94.5 Å². The number of halogens is 1. The van der Waals surface area contributed by atoms with Gasteiger partial charge in [-0.05, 0) is 54.8 Å². The van der Waals surface area contributed by atoms with Gasteiger partial charge in [0.15, 0.2) is 0 Å². The van der Waals surface area contributed by atoms with Crippen LogP contribution in [0.25, 0.3) is 0 Å². The first kappa shape index (κ1) is 18.8. The molecule has 0 saturated carbocycles. The number of anilines is 1.